The van der Waals surface area contributed by atoms with Crippen molar-refractivity contribution in [3.8, 4) is 0 Å². The number of H-pyrrole nitrogens is 1. The minimum absolute atomic E-state index is 0.170. The van der Waals surface area contributed by atoms with Crippen molar-refractivity contribution in [2.24, 2.45) is 0 Å². The van der Waals surface area contributed by atoms with E-state index in [0.29, 0.717) is 40.8 Å². The summed E-state index contributed by atoms with van der Waals surface area (Å²) >= 11 is 5.37. The molecule has 164 valence electrons. The van der Waals surface area contributed by atoms with Gasteiger partial charge >= 0.3 is 0 Å². The van der Waals surface area contributed by atoms with Crippen LogP contribution in [0.25, 0.3) is 21.7 Å². The van der Waals surface area contributed by atoms with Crippen LogP contribution in [-0.4, -0.2) is 29.2 Å². The van der Waals surface area contributed by atoms with Crippen LogP contribution in [0.2, 0.25) is 0 Å². The van der Waals surface area contributed by atoms with Crippen molar-refractivity contribution in [1.29, 1.82) is 0 Å². The molecule has 0 fully saturated rings. The second-order valence-electron chi connectivity index (χ2n) is 7.76. The molecule has 0 radical (unpaired) electrons. The molecule has 0 aliphatic carbocycles. The first-order chi connectivity index (χ1) is 15.5. The molecule has 1 heterocycles. The van der Waals surface area contributed by atoms with Gasteiger partial charge in [0.25, 0.3) is 11.5 Å². The molecule has 0 saturated carbocycles. The zero-order valence-electron chi connectivity index (χ0n) is 18.1. The maximum absolute atomic E-state index is 13.0. The Morgan fingerprint density at radius 2 is 1.91 bits per heavy atom. The molecule has 4 rings (SSSR count). The fourth-order valence-electron chi connectivity index (χ4n) is 3.95. The zero-order valence-corrected chi connectivity index (χ0v) is 18.9. The van der Waals surface area contributed by atoms with Crippen molar-refractivity contribution in [2.45, 2.75) is 25.9 Å². The van der Waals surface area contributed by atoms with Crippen LogP contribution in [0, 0.1) is 4.77 Å². The summed E-state index contributed by atoms with van der Waals surface area (Å²) in [5.74, 6) is -0.212. The number of aromatic amines is 1. The molecule has 0 bridgehead atoms. The van der Waals surface area contributed by atoms with E-state index < -0.39 is 0 Å². The van der Waals surface area contributed by atoms with Crippen molar-refractivity contribution in [2.75, 3.05) is 13.7 Å². The van der Waals surface area contributed by atoms with Crippen molar-refractivity contribution in [3.63, 3.8) is 0 Å². The molecule has 7 heteroatoms. The van der Waals surface area contributed by atoms with Crippen LogP contribution in [0.1, 0.15) is 35.3 Å². The summed E-state index contributed by atoms with van der Waals surface area (Å²) in [6.07, 6.45) is 0.686. The lowest BCUT2D eigenvalue weighted by Gasteiger charge is -2.17. The first-order valence-corrected chi connectivity index (χ1v) is 10.9. The van der Waals surface area contributed by atoms with E-state index >= 15 is 0 Å². The summed E-state index contributed by atoms with van der Waals surface area (Å²) in [5.41, 5.74) is 1.90. The molecule has 0 saturated heterocycles. The van der Waals surface area contributed by atoms with Crippen LogP contribution in [0.4, 0.5) is 0 Å². The van der Waals surface area contributed by atoms with Gasteiger partial charge in [-0.3, -0.25) is 14.2 Å². The number of hydrogen-bond donors (Lipinski definition) is 2. The predicted octanol–water partition coefficient (Wildman–Crippen LogP) is 4.74. The Bertz CT molecular complexity index is 1400. The van der Waals surface area contributed by atoms with Crippen LogP contribution < -0.4 is 10.9 Å². The second-order valence-corrected chi connectivity index (χ2v) is 8.14. The van der Waals surface area contributed by atoms with Gasteiger partial charge < -0.3 is 15.0 Å². The van der Waals surface area contributed by atoms with E-state index in [1.165, 1.54) is 4.57 Å². The van der Waals surface area contributed by atoms with E-state index in [-0.39, 0.29) is 17.5 Å². The highest BCUT2D eigenvalue weighted by Gasteiger charge is 2.15. The number of nitrogens with zero attached hydrogens (tertiary/aromatic N) is 1. The smallest absolute Gasteiger partial charge is 0.262 e. The Kier molecular flexibility index (Phi) is 6.48. The molecule has 1 aromatic heterocycles. The van der Waals surface area contributed by atoms with Gasteiger partial charge in [0.1, 0.15) is 0 Å². The van der Waals surface area contributed by atoms with Gasteiger partial charge in [0.15, 0.2) is 4.77 Å². The Labute approximate surface area is 190 Å². The SMILES string of the molecule is COCCCn1c(=S)[nH]c2cc(C(=O)NC(C)c3cccc4ccccc34)ccc2c1=O. The third kappa shape index (κ3) is 4.35. The molecule has 0 spiro atoms. The molecular formula is C25H25N3O3S. The van der Waals surface area contributed by atoms with E-state index in [2.05, 4.69) is 28.5 Å². The Morgan fingerprint density at radius 3 is 2.72 bits per heavy atom. The summed E-state index contributed by atoms with van der Waals surface area (Å²) < 4.78 is 6.92. The number of carbonyl (C=O) groups excluding carboxylic acids is 1. The van der Waals surface area contributed by atoms with E-state index in [9.17, 15) is 9.59 Å². The number of hydrogen-bond acceptors (Lipinski definition) is 4. The molecule has 2 N–H and O–H groups in total. The topological polar surface area (TPSA) is 76.1 Å². The number of methoxy groups -OCH3 is 1. The average Bonchev–Trinajstić information content (AvgIpc) is 2.80. The fourth-order valence-corrected chi connectivity index (χ4v) is 4.24. The first-order valence-electron chi connectivity index (χ1n) is 10.5. The van der Waals surface area contributed by atoms with Gasteiger partial charge in [0.2, 0.25) is 0 Å². The standard InChI is InChI=1S/C25H25N3O3S/c1-16(19-10-5-8-17-7-3-4-9-20(17)19)26-23(29)18-11-12-21-22(15-18)27-25(32)28(24(21)30)13-6-14-31-2/h3-5,7-12,15-16H,6,13-14H2,1-2H3,(H,26,29)(H,27,32). The van der Waals surface area contributed by atoms with Crippen LogP contribution in [0.5, 0.6) is 0 Å². The number of ether oxygens (including phenoxy) is 1. The van der Waals surface area contributed by atoms with Gasteiger partial charge in [-0.2, -0.15) is 0 Å². The first kappa shape index (κ1) is 21.9. The summed E-state index contributed by atoms with van der Waals surface area (Å²) in [6.45, 7) is 2.99. The van der Waals surface area contributed by atoms with Crippen molar-refractivity contribution in [1.82, 2.24) is 14.9 Å². The lowest BCUT2D eigenvalue weighted by molar-refractivity contribution is 0.0940. The van der Waals surface area contributed by atoms with Gasteiger partial charge in [0, 0.05) is 25.8 Å². The molecule has 1 atom stereocenters. The van der Waals surface area contributed by atoms with Gasteiger partial charge in [-0.25, -0.2) is 0 Å². The Hall–Kier alpha value is -3.29. The molecule has 1 unspecified atom stereocenters. The number of aromatic nitrogens is 2. The Balaban J connectivity index is 1.60. The Morgan fingerprint density at radius 1 is 1.12 bits per heavy atom. The molecule has 0 aliphatic heterocycles. The van der Waals surface area contributed by atoms with Crippen LogP contribution >= 0.6 is 12.2 Å². The van der Waals surface area contributed by atoms with E-state index in [1.54, 1.807) is 25.3 Å². The number of rotatable bonds is 7. The lowest BCUT2D eigenvalue weighted by Crippen LogP contribution is -2.27. The third-order valence-electron chi connectivity index (χ3n) is 5.61. The second kappa shape index (κ2) is 9.46. The average molecular weight is 448 g/mol. The molecule has 4 aromatic rings. The summed E-state index contributed by atoms with van der Waals surface area (Å²) in [6, 6.07) is 19.0. The largest absolute Gasteiger partial charge is 0.385 e. The normalized spacial score (nSPS) is 12.2. The minimum atomic E-state index is -0.212. The zero-order chi connectivity index (χ0) is 22.7. The van der Waals surface area contributed by atoms with Gasteiger partial charge in [-0.1, -0.05) is 42.5 Å². The minimum Gasteiger partial charge on any atom is -0.385 e. The number of nitrogens with one attached hydrogen (secondary N) is 2. The summed E-state index contributed by atoms with van der Waals surface area (Å²) in [7, 11) is 1.62. The molecule has 6 nitrogen and oxygen atoms in total. The van der Waals surface area contributed by atoms with Crippen molar-refractivity contribution >= 4 is 39.8 Å². The highest BCUT2D eigenvalue weighted by Crippen LogP contribution is 2.24. The maximum atomic E-state index is 13.0. The van der Waals surface area contributed by atoms with Gasteiger partial charge in [-0.15, -0.1) is 0 Å². The van der Waals surface area contributed by atoms with Gasteiger partial charge in [0.05, 0.1) is 16.9 Å². The summed E-state index contributed by atoms with van der Waals surface area (Å²) in [5, 5.41) is 5.80. The van der Waals surface area contributed by atoms with Crippen LogP contribution in [0.15, 0.2) is 65.5 Å². The molecule has 32 heavy (non-hydrogen) atoms. The molecular weight excluding hydrogens is 422 g/mol. The quantitative estimate of drug-likeness (QED) is 0.317. The number of carbonyl (C=O) groups is 1. The van der Waals surface area contributed by atoms with E-state index in [4.69, 9.17) is 17.0 Å². The number of amides is 1. The lowest BCUT2D eigenvalue weighted by atomic mass is 9.99. The molecule has 3 aromatic carbocycles. The number of benzene rings is 3. The van der Waals surface area contributed by atoms with E-state index in [0.717, 1.165) is 16.3 Å². The van der Waals surface area contributed by atoms with Gasteiger partial charge in [-0.05, 0) is 60.1 Å². The molecule has 0 aliphatic rings. The third-order valence-corrected chi connectivity index (χ3v) is 5.93. The maximum Gasteiger partial charge on any atom is 0.262 e. The van der Waals surface area contributed by atoms with Crippen molar-refractivity contribution < 1.29 is 9.53 Å². The monoisotopic (exact) mass is 447 g/mol. The highest BCUT2D eigenvalue weighted by atomic mass is 32.1. The highest BCUT2D eigenvalue weighted by molar-refractivity contribution is 7.71. The van der Waals surface area contributed by atoms with Crippen LogP contribution in [0.3, 0.4) is 0 Å². The van der Waals surface area contributed by atoms with Crippen molar-refractivity contribution in [3.05, 3.63) is 86.9 Å². The summed E-state index contributed by atoms with van der Waals surface area (Å²) in [4.78, 5) is 28.9. The fraction of sp³-hybridized carbons (Fsp3) is 0.240. The van der Waals surface area contributed by atoms with E-state index in [1.807, 2.05) is 31.2 Å². The predicted molar refractivity (Wildman–Crippen MR) is 130 cm³/mol. The van der Waals surface area contributed by atoms with Crippen LogP contribution in [-0.2, 0) is 11.3 Å². The molecule has 1 amide bonds. The number of fused-ring (bicyclic) bond motifs is 2.